The predicted molar refractivity (Wildman–Crippen MR) is 119 cm³/mol. The summed E-state index contributed by atoms with van der Waals surface area (Å²) >= 11 is 1.23. The number of fused-ring (bicyclic) bond motifs is 1. The van der Waals surface area contributed by atoms with Crippen LogP contribution in [0.5, 0.6) is 0 Å². The first-order valence-corrected chi connectivity index (χ1v) is 11.2. The first-order valence-electron chi connectivity index (χ1n) is 10.2. The van der Waals surface area contributed by atoms with Gasteiger partial charge < -0.3 is 9.73 Å². The topological polar surface area (TPSA) is 90.0 Å². The van der Waals surface area contributed by atoms with E-state index in [-0.39, 0.29) is 35.1 Å². The highest BCUT2D eigenvalue weighted by atomic mass is 32.2. The van der Waals surface area contributed by atoms with Gasteiger partial charge in [0.15, 0.2) is 22.5 Å². The molecular formula is C23H19FN4O3S. The number of carbonyl (C=O) groups is 2. The summed E-state index contributed by atoms with van der Waals surface area (Å²) < 4.78 is 21.8. The Hall–Kier alpha value is -3.46. The minimum absolute atomic E-state index is 0.0545. The molecule has 0 unspecified atom stereocenters. The zero-order valence-corrected chi connectivity index (χ0v) is 18.0. The number of furan rings is 1. The molecule has 9 heteroatoms. The number of benzene rings is 2. The average molecular weight is 450 g/mol. The predicted octanol–water partition coefficient (Wildman–Crippen LogP) is 5.10. The molecule has 7 nitrogen and oxygen atoms in total. The Balaban J connectivity index is 1.37. The molecule has 1 fully saturated rings. The quantitative estimate of drug-likeness (QED) is 0.311. The Morgan fingerprint density at radius 3 is 2.66 bits per heavy atom. The summed E-state index contributed by atoms with van der Waals surface area (Å²) in [5.74, 6) is -0.298. The van der Waals surface area contributed by atoms with Crippen molar-refractivity contribution < 1.29 is 18.4 Å². The van der Waals surface area contributed by atoms with Crippen molar-refractivity contribution in [3.8, 4) is 11.4 Å². The van der Waals surface area contributed by atoms with E-state index < -0.39 is 0 Å². The van der Waals surface area contributed by atoms with Crippen molar-refractivity contribution in [3.05, 3.63) is 60.1 Å². The first-order chi connectivity index (χ1) is 15.5. The fourth-order valence-electron chi connectivity index (χ4n) is 3.59. The molecule has 1 aliphatic rings. The molecule has 0 atom stereocenters. The lowest BCUT2D eigenvalue weighted by molar-refractivity contribution is -0.113. The van der Waals surface area contributed by atoms with Gasteiger partial charge in [-0.3, -0.25) is 14.2 Å². The summed E-state index contributed by atoms with van der Waals surface area (Å²) in [6, 6.07) is 13.8. The number of aromatic nitrogens is 3. The lowest BCUT2D eigenvalue weighted by Crippen LogP contribution is -2.16. The monoisotopic (exact) mass is 450 g/mol. The van der Waals surface area contributed by atoms with Gasteiger partial charge in [-0.1, -0.05) is 36.0 Å². The molecule has 0 radical (unpaired) electrons. The molecule has 1 amide bonds. The van der Waals surface area contributed by atoms with Crippen LogP contribution in [0.1, 0.15) is 36.4 Å². The van der Waals surface area contributed by atoms with E-state index in [2.05, 4.69) is 15.5 Å². The standard InChI is InChI=1S/C23H19FN4O3S/c1-13(29)21-20(16-7-3-5-9-18(16)31-21)25-19(30)12-32-23-27-26-22(28(23)14-10-11-14)15-6-2-4-8-17(15)24/h2-9,14H,10-12H2,1H3,(H,25,30). The van der Waals surface area contributed by atoms with Gasteiger partial charge >= 0.3 is 0 Å². The van der Waals surface area contributed by atoms with Crippen LogP contribution in [-0.2, 0) is 4.79 Å². The number of Topliss-reactive ketones (excluding diaryl/α,β-unsaturated/α-hetero) is 1. The van der Waals surface area contributed by atoms with E-state index in [9.17, 15) is 14.0 Å². The highest BCUT2D eigenvalue weighted by Gasteiger charge is 2.31. The molecule has 1 N–H and O–H groups in total. The van der Waals surface area contributed by atoms with Gasteiger partial charge in [0, 0.05) is 18.4 Å². The maximum atomic E-state index is 14.3. The Morgan fingerprint density at radius 2 is 1.91 bits per heavy atom. The number of hydrogen-bond acceptors (Lipinski definition) is 6. The number of para-hydroxylation sites is 1. The minimum atomic E-state index is -0.361. The molecule has 2 heterocycles. The zero-order chi connectivity index (χ0) is 22.2. The zero-order valence-electron chi connectivity index (χ0n) is 17.2. The van der Waals surface area contributed by atoms with Gasteiger partial charge in [0.05, 0.1) is 17.0 Å². The Morgan fingerprint density at radius 1 is 1.16 bits per heavy atom. The van der Waals surface area contributed by atoms with Crippen molar-refractivity contribution in [1.29, 1.82) is 0 Å². The lowest BCUT2D eigenvalue weighted by atomic mass is 10.2. The van der Waals surface area contributed by atoms with E-state index in [1.807, 2.05) is 10.6 Å². The smallest absolute Gasteiger partial charge is 0.234 e. The molecule has 5 rings (SSSR count). The molecule has 1 saturated carbocycles. The number of anilines is 1. The van der Waals surface area contributed by atoms with Crippen molar-refractivity contribution in [1.82, 2.24) is 14.8 Å². The van der Waals surface area contributed by atoms with Crippen LogP contribution < -0.4 is 5.32 Å². The van der Waals surface area contributed by atoms with E-state index in [0.717, 1.165) is 12.8 Å². The Bertz CT molecular complexity index is 1340. The first kappa shape index (κ1) is 20.4. The highest BCUT2D eigenvalue weighted by Crippen LogP contribution is 2.41. The van der Waals surface area contributed by atoms with Crippen LogP contribution in [0.25, 0.3) is 22.4 Å². The summed E-state index contributed by atoms with van der Waals surface area (Å²) in [6.07, 6.45) is 1.92. The van der Waals surface area contributed by atoms with Gasteiger partial charge in [-0.25, -0.2) is 4.39 Å². The summed E-state index contributed by atoms with van der Waals surface area (Å²) in [5.41, 5.74) is 1.29. The minimum Gasteiger partial charge on any atom is -0.451 e. The summed E-state index contributed by atoms with van der Waals surface area (Å²) in [4.78, 5) is 24.7. The molecule has 0 aliphatic heterocycles. The number of ketones is 1. The SMILES string of the molecule is CC(=O)c1oc2ccccc2c1NC(=O)CSc1nnc(-c2ccccc2F)n1C1CC1. The highest BCUT2D eigenvalue weighted by molar-refractivity contribution is 7.99. The van der Waals surface area contributed by atoms with Gasteiger partial charge in [0.2, 0.25) is 5.91 Å². The summed E-state index contributed by atoms with van der Waals surface area (Å²) in [6.45, 7) is 1.39. The van der Waals surface area contributed by atoms with Gasteiger partial charge in [-0.15, -0.1) is 10.2 Å². The molecule has 1 aliphatic carbocycles. The maximum absolute atomic E-state index is 14.3. The average Bonchev–Trinajstić information content (AvgIpc) is 3.43. The van der Waals surface area contributed by atoms with Crippen LogP contribution in [0.4, 0.5) is 10.1 Å². The van der Waals surface area contributed by atoms with E-state index in [4.69, 9.17) is 4.42 Å². The number of nitrogens with zero attached hydrogens (tertiary/aromatic N) is 3. The fraction of sp³-hybridized carbons (Fsp3) is 0.217. The molecule has 4 aromatic rings. The Labute approximate surface area is 187 Å². The second-order valence-electron chi connectivity index (χ2n) is 7.58. The number of carbonyl (C=O) groups excluding carboxylic acids is 2. The van der Waals surface area contributed by atoms with Gasteiger partial charge in [0.1, 0.15) is 11.4 Å². The molecule has 32 heavy (non-hydrogen) atoms. The van der Waals surface area contributed by atoms with Crippen molar-refractivity contribution in [3.63, 3.8) is 0 Å². The van der Waals surface area contributed by atoms with E-state index in [0.29, 0.717) is 33.2 Å². The van der Waals surface area contributed by atoms with Crippen LogP contribution in [0.3, 0.4) is 0 Å². The summed E-state index contributed by atoms with van der Waals surface area (Å²) in [7, 11) is 0. The third-order valence-corrected chi connectivity index (χ3v) is 6.15. The van der Waals surface area contributed by atoms with Gasteiger partial charge in [-0.2, -0.15) is 0 Å². The fourth-order valence-corrected chi connectivity index (χ4v) is 4.39. The van der Waals surface area contributed by atoms with Crippen molar-refractivity contribution in [2.45, 2.75) is 31.0 Å². The van der Waals surface area contributed by atoms with Crippen LogP contribution in [0.15, 0.2) is 58.1 Å². The number of amides is 1. The number of hydrogen-bond donors (Lipinski definition) is 1. The molecule has 0 spiro atoms. The maximum Gasteiger partial charge on any atom is 0.234 e. The molecular weight excluding hydrogens is 431 g/mol. The van der Waals surface area contributed by atoms with Crippen LogP contribution >= 0.6 is 11.8 Å². The number of halogens is 1. The van der Waals surface area contributed by atoms with Crippen LogP contribution in [0.2, 0.25) is 0 Å². The molecule has 162 valence electrons. The Kier molecular flexibility index (Phi) is 5.26. The second kappa shape index (κ2) is 8.23. The molecule has 0 saturated heterocycles. The molecule has 0 bridgehead atoms. The third kappa shape index (κ3) is 3.80. The second-order valence-corrected chi connectivity index (χ2v) is 8.53. The van der Waals surface area contributed by atoms with Crippen molar-refractivity contribution in [2.75, 3.05) is 11.1 Å². The number of rotatable bonds is 7. The van der Waals surface area contributed by atoms with Crippen LogP contribution in [-0.4, -0.2) is 32.2 Å². The third-order valence-electron chi connectivity index (χ3n) is 5.20. The number of nitrogens with one attached hydrogen (secondary N) is 1. The van der Waals surface area contributed by atoms with E-state index >= 15 is 0 Å². The van der Waals surface area contributed by atoms with Crippen molar-refractivity contribution >= 4 is 40.1 Å². The van der Waals surface area contributed by atoms with Crippen LogP contribution in [0, 0.1) is 5.82 Å². The lowest BCUT2D eigenvalue weighted by Gasteiger charge is -2.09. The normalized spacial score (nSPS) is 13.4. The van der Waals surface area contributed by atoms with E-state index in [1.165, 1.54) is 24.8 Å². The molecule has 2 aromatic heterocycles. The largest absolute Gasteiger partial charge is 0.451 e. The van der Waals surface area contributed by atoms with Gasteiger partial charge in [0.25, 0.3) is 0 Å². The van der Waals surface area contributed by atoms with Gasteiger partial charge in [-0.05, 0) is 37.1 Å². The van der Waals surface area contributed by atoms with Crippen molar-refractivity contribution in [2.24, 2.45) is 0 Å². The summed E-state index contributed by atoms with van der Waals surface area (Å²) in [5, 5.41) is 12.4. The molecule has 2 aromatic carbocycles. The number of thioether (sulfide) groups is 1. The van der Waals surface area contributed by atoms with E-state index in [1.54, 1.807) is 36.4 Å².